The van der Waals surface area contributed by atoms with E-state index in [0.717, 1.165) is 89.0 Å². The van der Waals surface area contributed by atoms with Crippen LogP contribution in [0.1, 0.15) is 5.56 Å². The summed E-state index contributed by atoms with van der Waals surface area (Å²) in [5, 5.41) is 4.50. The van der Waals surface area contributed by atoms with Crippen LogP contribution in [0.5, 0.6) is 11.5 Å². The number of aryl methyl sites for hydroxylation is 1. The molecule has 1 aliphatic rings. The van der Waals surface area contributed by atoms with Crippen molar-refractivity contribution < 1.29 is 25.8 Å². The molecule has 11 rings (SSSR count). The molecule has 6 heteroatoms. The smallest absolute Gasteiger partial charge is 0.509 e. The van der Waals surface area contributed by atoms with Crippen molar-refractivity contribution in [3.63, 3.8) is 0 Å². The number of hydrogen-bond acceptors (Lipinski definition) is 2. The minimum atomic E-state index is 0. The van der Waals surface area contributed by atoms with Crippen molar-refractivity contribution in [1.82, 2.24) is 18.7 Å². The zero-order valence-corrected chi connectivity index (χ0v) is 34.2. The van der Waals surface area contributed by atoms with Crippen molar-refractivity contribution in [2.45, 2.75) is 6.92 Å². The van der Waals surface area contributed by atoms with Crippen LogP contribution in [0.2, 0.25) is 0 Å². The number of nitrogens with zero attached hydrogens (tertiary/aromatic N) is 4. The monoisotopic (exact) mass is 937 g/mol. The predicted molar refractivity (Wildman–Crippen MR) is 237 cm³/mol. The SMILES string of the molecule is Cc1ccc(-n2c3[c-]c(Oc4[c-]c([N+]5=C=[N+](c6c(-c7ccccc7)cccc6-c6ccccc6)c6c5ccc5ccccc65)ccc4)ccc3c3ccccc32)nc1.[Pt+2]. The van der Waals surface area contributed by atoms with Crippen molar-refractivity contribution in [2.75, 3.05) is 0 Å². The Morgan fingerprint density at radius 3 is 1.97 bits per heavy atom. The molecule has 0 bridgehead atoms. The van der Waals surface area contributed by atoms with Gasteiger partial charge in [0.2, 0.25) is 5.69 Å². The van der Waals surface area contributed by atoms with E-state index in [2.05, 4.69) is 190 Å². The van der Waals surface area contributed by atoms with Crippen LogP contribution >= 0.6 is 0 Å². The number of ether oxygens (including phenoxy) is 1. The van der Waals surface area contributed by atoms with E-state index in [1.54, 1.807) is 0 Å². The molecule has 0 unspecified atom stereocenters. The molecule has 5 nitrogen and oxygen atoms in total. The number of benzene rings is 8. The van der Waals surface area contributed by atoms with Gasteiger partial charge in [-0.05, 0) is 75.4 Å². The van der Waals surface area contributed by atoms with Crippen molar-refractivity contribution in [2.24, 2.45) is 0 Å². The first-order valence-electron chi connectivity index (χ1n) is 19.4. The summed E-state index contributed by atoms with van der Waals surface area (Å²) in [5.41, 5.74) is 11.5. The molecule has 0 aliphatic carbocycles. The second-order valence-corrected chi connectivity index (χ2v) is 14.5. The van der Waals surface area contributed by atoms with Gasteiger partial charge in [-0.1, -0.05) is 131 Å². The third-order valence-corrected chi connectivity index (χ3v) is 10.9. The summed E-state index contributed by atoms with van der Waals surface area (Å²) < 4.78 is 13.1. The van der Waals surface area contributed by atoms with Gasteiger partial charge >= 0.3 is 32.8 Å². The molecule has 3 heterocycles. The van der Waals surface area contributed by atoms with Gasteiger partial charge in [-0.2, -0.15) is 12.1 Å². The first-order valence-corrected chi connectivity index (χ1v) is 19.4. The topological polar surface area (TPSA) is 33.1 Å². The van der Waals surface area contributed by atoms with Crippen LogP contribution in [-0.4, -0.2) is 15.6 Å². The van der Waals surface area contributed by atoms with E-state index in [4.69, 9.17) is 9.72 Å². The fourth-order valence-electron chi connectivity index (χ4n) is 8.20. The largest absolute Gasteiger partial charge is 2.00 e. The second-order valence-electron chi connectivity index (χ2n) is 14.5. The zero-order valence-electron chi connectivity index (χ0n) is 31.9. The Hall–Kier alpha value is -7.16. The van der Waals surface area contributed by atoms with Gasteiger partial charge in [0.15, 0.2) is 0 Å². The molecule has 10 aromatic rings. The number of hydrogen-bond donors (Lipinski definition) is 0. The minimum Gasteiger partial charge on any atom is -0.509 e. The quantitative estimate of drug-likeness (QED) is 0.118. The molecular weight excluding hydrogens is 904 g/mol. The molecule has 0 amide bonds. The Morgan fingerprint density at radius 2 is 1.22 bits per heavy atom. The third-order valence-electron chi connectivity index (χ3n) is 10.9. The average molecular weight is 938 g/mol. The van der Waals surface area contributed by atoms with Gasteiger partial charge < -0.3 is 9.30 Å². The zero-order chi connectivity index (χ0) is 38.6. The van der Waals surface area contributed by atoms with Gasteiger partial charge in [0.05, 0.1) is 16.5 Å². The summed E-state index contributed by atoms with van der Waals surface area (Å²) in [5.74, 6) is 1.99. The molecule has 0 spiro atoms. The molecule has 1 aliphatic heterocycles. The Balaban J connectivity index is 0.00000420. The van der Waals surface area contributed by atoms with Crippen LogP contribution in [-0.2, 0) is 21.1 Å². The molecule has 0 saturated carbocycles. The second kappa shape index (κ2) is 15.0. The molecule has 0 fully saturated rings. The maximum absolute atomic E-state index is 6.60. The van der Waals surface area contributed by atoms with Crippen LogP contribution in [0, 0.1) is 19.1 Å². The van der Waals surface area contributed by atoms with Crippen LogP contribution < -0.4 is 13.9 Å². The van der Waals surface area contributed by atoms with Gasteiger partial charge in [0.1, 0.15) is 11.5 Å². The number of pyridine rings is 1. The molecule has 2 aromatic heterocycles. The Labute approximate surface area is 356 Å². The van der Waals surface area contributed by atoms with Crippen molar-refractivity contribution in [3.05, 3.63) is 206 Å². The Bertz CT molecular complexity index is 3240. The molecule has 8 aromatic carbocycles. The van der Waals surface area contributed by atoms with Gasteiger partial charge in [-0.15, -0.1) is 23.6 Å². The summed E-state index contributed by atoms with van der Waals surface area (Å²) in [7, 11) is 0. The van der Waals surface area contributed by atoms with Crippen LogP contribution in [0.15, 0.2) is 188 Å². The Morgan fingerprint density at radius 1 is 0.542 bits per heavy atom. The molecule has 280 valence electrons. The average Bonchev–Trinajstić information content (AvgIpc) is 3.83. The summed E-state index contributed by atoms with van der Waals surface area (Å²) in [4.78, 5) is 4.78. The first-order chi connectivity index (χ1) is 28.7. The van der Waals surface area contributed by atoms with E-state index in [0.29, 0.717) is 11.5 Å². The van der Waals surface area contributed by atoms with Gasteiger partial charge in [0.25, 0.3) is 5.69 Å². The summed E-state index contributed by atoms with van der Waals surface area (Å²) >= 11 is 0. The normalized spacial score (nSPS) is 11.9. The number of fused-ring (bicyclic) bond motifs is 6. The van der Waals surface area contributed by atoms with Gasteiger partial charge in [-0.25, -0.2) is 4.98 Å². The van der Waals surface area contributed by atoms with E-state index in [-0.39, 0.29) is 21.1 Å². The van der Waals surface area contributed by atoms with E-state index >= 15 is 0 Å². The Kier molecular flexibility index (Phi) is 9.19. The third kappa shape index (κ3) is 6.29. The van der Waals surface area contributed by atoms with Crippen LogP contribution in [0.25, 0.3) is 60.6 Å². The summed E-state index contributed by atoms with van der Waals surface area (Å²) in [6.07, 6.45) is 1.90. The molecular formula is C53H34N4OPt+2. The molecule has 0 radical (unpaired) electrons. The van der Waals surface area contributed by atoms with Gasteiger partial charge in [-0.3, -0.25) is 0 Å². The molecule has 59 heavy (non-hydrogen) atoms. The molecule has 0 saturated heterocycles. The van der Waals surface area contributed by atoms with Crippen molar-refractivity contribution >= 4 is 61.3 Å². The van der Waals surface area contributed by atoms with E-state index in [1.807, 2.05) is 37.4 Å². The number of aromatic nitrogens is 2. The molecule has 0 N–H and O–H groups in total. The maximum Gasteiger partial charge on any atom is 2.00 e. The van der Waals surface area contributed by atoms with E-state index in [1.165, 1.54) is 0 Å². The summed E-state index contributed by atoms with van der Waals surface area (Å²) in [6, 6.07) is 74.2. The fourth-order valence-corrected chi connectivity index (χ4v) is 8.20. The fraction of sp³-hybridized carbons (Fsp3) is 0.0189. The first kappa shape index (κ1) is 36.2. The predicted octanol–water partition coefficient (Wildman–Crippen LogP) is 13.2. The van der Waals surface area contributed by atoms with Crippen LogP contribution in [0.4, 0.5) is 22.7 Å². The standard InChI is InChI=1S/C53H34N4O.Pt/c1-36-26-31-51(54-34-36)57-48-25-11-10-22-46(48)47-29-28-42(33-50(47)57)58-41-20-12-19-40(32-41)55-35-56(53-45-21-9-8-18-39(45)27-30-49(53)55)52-43(37-14-4-2-5-15-37)23-13-24-44(52)38-16-6-3-7-17-38;/h2-31,34H,1H3;/q;+2. The van der Waals surface area contributed by atoms with E-state index in [9.17, 15) is 0 Å². The van der Waals surface area contributed by atoms with Gasteiger partial charge in [0, 0.05) is 29.3 Å². The van der Waals surface area contributed by atoms with E-state index < -0.39 is 0 Å². The molecule has 0 atom stereocenters. The summed E-state index contributed by atoms with van der Waals surface area (Å²) in [6.45, 7) is 2.05. The van der Waals surface area contributed by atoms with Crippen LogP contribution in [0.3, 0.4) is 0 Å². The number of rotatable bonds is 7. The minimum absolute atomic E-state index is 0. The number of para-hydroxylation sites is 2. The maximum atomic E-state index is 6.60. The van der Waals surface area contributed by atoms with Crippen molar-refractivity contribution in [1.29, 1.82) is 0 Å². The van der Waals surface area contributed by atoms with Crippen molar-refractivity contribution in [3.8, 4) is 39.6 Å².